The van der Waals surface area contributed by atoms with Crippen LogP contribution in [0.25, 0.3) is 86.7 Å². The number of rotatable bonds is 4. The van der Waals surface area contributed by atoms with Crippen LogP contribution in [0.5, 0.6) is 0 Å². The quantitative estimate of drug-likeness (QED) is 0.191. The van der Waals surface area contributed by atoms with Gasteiger partial charge in [0.1, 0.15) is 4.83 Å². The van der Waals surface area contributed by atoms with E-state index in [2.05, 4.69) is 152 Å². The fourth-order valence-corrected chi connectivity index (χ4v) is 7.52. The highest BCUT2D eigenvalue weighted by Gasteiger charge is 2.17. The fraction of sp³-hybridized carbons (Fsp3) is 0. The molecule has 0 saturated carbocycles. The van der Waals surface area contributed by atoms with E-state index >= 15 is 0 Å². The summed E-state index contributed by atoms with van der Waals surface area (Å²) < 4.78 is 1.22. The van der Waals surface area contributed by atoms with Crippen molar-refractivity contribution in [2.24, 2.45) is 0 Å². The predicted octanol–water partition coefficient (Wildman–Crippen LogP) is 11.8. The van der Waals surface area contributed by atoms with Crippen LogP contribution in [0.15, 0.2) is 158 Å². The summed E-state index contributed by atoms with van der Waals surface area (Å²) in [6, 6.07) is 56.2. The molecule has 0 aliphatic carbocycles. The third-order valence-corrected chi connectivity index (χ3v) is 9.77. The summed E-state index contributed by atoms with van der Waals surface area (Å²) in [6.45, 7) is 0. The van der Waals surface area contributed by atoms with Crippen molar-refractivity contribution in [1.29, 1.82) is 0 Å². The molecule has 210 valence electrons. The summed E-state index contributed by atoms with van der Waals surface area (Å²) in [6.07, 6.45) is 0. The van der Waals surface area contributed by atoms with Crippen molar-refractivity contribution in [3.05, 3.63) is 158 Å². The van der Waals surface area contributed by atoms with Gasteiger partial charge in [-0.15, -0.1) is 11.3 Å². The van der Waals surface area contributed by atoms with Gasteiger partial charge in [-0.05, 0) is 62.0 Å². The zero-order chi connectivity index (χ0) is 29.7. The third kappa shape index (κ3) is 4.48. The number of fused-ring (bicyclic) bond motifs is 6. The average molecular weight is 591 g/mol. The Hall–Kier alpha value is -5.64. The minimum absolute atomic E-state index is 0.743. The molecule has 0 atom stereocenters. The molecule has 2 nitrogen and oxygen atoms in total. The number of nitrogens with zero attached hydrogens (tertiary/aromatic N) is 2. The smallest absolute Gasteiger partial charge is 0.161 e. The standard InChI is InChI=1S/C42H26N2S/c1-2-9-27(10-3-1)31-12-8-13-34(26-31)41-43-40(39-37-15-6-7-16-38(37)45-42(39)44-41)30-20-17-28(18-21-30)32-23-24-36-33(25-32)22-19-29-11-4-5-14-35(29)36/h1-26H. The average Bonchev–Trinajstić information content (AvgIpc) is 3.50. The lowest BCUT2D eigenvalue weighted by molar-refractivity contribution is 1.24. The van der Waals surface area contributed by atoms with Crippen molar-refractivity contribution in [3.8, 4) is 44.9 Å². The molecule has 3 heteroatoms. The van der Waals surface area contributed by atoms with E-state index in [1.54, 1.807) is 11.3 Å². The monoisotopic (exact) mass is 590 g/mol. The van der Waals surface area contributed by atoms with E-state index < -0.39 is 0 Å². The largest absolute Gasteiger partial charge is 0.227 e. The van der Waals surface area contributed by atoms with Crippen LogP contribution in [-0.4, -0.2) is 9.97 Å². The minimum atomic E-state index is 0.743. The lowest BCUT2D eigenvalue weighted by Crippen LogP contribution is -1.94. The van der Waals surface area contributed by atoms with Crippen LogP contribution in [0.3, 0.4) is 0 Å². The molecule has 0 amide bonds. The molecule has 0 unspecified atom stereocenters. The maximum atomic E-state index is 5.27. The zero-order valence-electron chi connectivity index (χ0n) is 24.3. The Morgan fingerprint density at radius 2 is 1.00 bits per heavy atom. The molecule has 0 N–H and O–H groups in total. The minimum Gasteiger partial charge on any atom is -0.227 e. The number of benzene rings is 7. The highest BCUT2D eigenvalue weighted by atomic mass is 32.1. The normalized spacial score (nSPS) is 11.6. The Kier molecular flexibility index (Phi) is 6.03. The predicted molar refractivity (Wildman–Crippen MR) is 192 cm³/mol. The lowest BCUT2D eigenvalue weighted by Gasteiger charge is -2.10. The molecule has 0 spiro atoms. The summed E-state index contributed by atoms with van der Waals surface area (Å²) in [5.41, 5.74) is 7.79. The van der Waals surface area contributed by atoms with Crippen LogP contribution in [0.4, 0.5) is 0 Å². The first-order valence-electron chi connectivity index (χ1n) is 15.2. The molecule has 0 bridgehead atoms. The van der Waals surface area contributed by atoms with Crippen molar-refractivity contribution < 1.29 is 0 Å². The first-order valence-corrected chi connectivity index (χ1v) is 16.0. The van der Waals surface area contributed by atoms with Crippen LogP contribution in [0.2, 0.25) is 0 Å². The summed E-state index contributed by atoms with van der Waals surface area (Å²) in [5.74, 6) is 0.743. The van der Waals surface area contributed by atoms with Gasteiger partial charge in [0.25, 0.3) is 0 Å². The molecule has 2 heterocycles. The van der Waals surface area contributed by atoms with Gasteiger partial charge in [-0.2, -0.15) is 0 Å². The number of hydrogen-bond acceptors (Lipinski definition) is 3. The highest BCUT2D eigenvalue weighted by Crippen LogP contribution is 2.40. The molecular formula is C42H26N2S. The maximum Gasteiger partial charge on any atom is 0.161 e. The van der Waals surface area contributed by atoms with Gasteiger partial charge >= 0.3 is 0 Å². The van der Waals surface area contributed by atoms with Crippen LogP contribution >= 0.6 is 11.3 Å². The zero-order valence-corrected chi connectivity index (χ0v) is 25.1. The van der Waals surface area contributed by atoms with Gasteiger partial charge in [0.2, 0.25) is 0 Å². The highest BCUT2D eigenvalue weighted by molar-refractivity contribution is 7.25. The lowest BCUT2D eigenvalue weighted by atomic mass is 9.96. The van der Waals surface area contributed by atoms with Crippen LogP contribution in [0, 0.1) is 0 Å². The van der Waals surface area contributed by atoms with Gasteiger partial charge in [0.05, 0.1) is 5.69 Å². The van der Waals surface area contributed by atoms with Gasteiger partial charge in [0, 0.05) is 26.6 Å². The molecule has 0 fully saturated rings. The summed E-state index contributed by atoms with van der Waals surface area (Å²) in [4.78, 5) is 11.4. The van der Waals surface area contributed by atoms with E-state index in [1.165, 1.54) is 48.3 Å². The molecule has 2 aromatic heterocycles. The molecule has 0 aliphatic rings. The van der Waals surface area contributed by atoms with Crippen molar-refractivity contribution in [2.45, 2.75) is 0 Å². The number of aromatic nitrogens is 2. The number of hydrogen-bond donors (Lipinski definition) is 0. The van der Waals surface area contributed by atoms with Crippen LogP contribution in [-0.2, 0) is 0 Å². The Morgan fingerprint density at radius 3 is 1.89 bits per heavy atom. The first-order chi connectivity index (χ1) is 22.3. The SMILES string of the molecule is c1ccc(-c2cccc(-c3nc(-c4ccc(-c5ccc6c(ccc7ccccc76)c5)cc4)c4c(n3)sc3ccccc34)c2)cc1. The van der Waals surface area contributed by atoms with Crippen molar-refractivity contribution >= 4 is 53.2 Å². The third-order valence-electron chi connectivity index (χ3n) is 8.70. The Balaban J connectivity index is 1.17. The van der Waals surface area contributed by atoms with Gasteiger partial charge in [-0.1, -0.05) is 140 Å². The van der Waals surface area contributed by atoms with E-state index in [4.69, 9.17) is 9.97 Å². The van der Waals surface area contributed by atoms with Crippen LogP contribution in [0.1, 0.15) is 0 Å². The maximum absolute atomic E-state index is 5.27. The second-order valence-corrected chi connectivity index (χ2v) is 12.5. The van der Waals surface area contributed by atoms with E-state index in [0.717, 1.165) is 38.4 Å². The van der Waals surface area contributed by atoms with E-state index in [0.29, 0.717) is 0 Å². The van der Waals surface area contributed by atoms with Gasteiger partial charge < -0.3 is 0 Å². The van der Waals surface area contributed by atoms with Gasteiger partial charge in [0.15, 0.2) is 5.82 Å². The molecule has 45 heavy (non-hydrogen) atoms. The van der Waals surface area contributed by atoms with Gasteiger partial charge in [-0.25, -0.2) is 9.97 Å². The molecule has 0 aliphatic heterocycles. The first kappa shape index (κ1) is 25.8. The van der Waals surface area contributed by atoms with Crippen LogP contribution < -0.4 is 0 Å². The summed E-state index contributed by atoms with van der Waals surface area (Å²) >= 11 is 1.73. The topological polar surface area (TPSA) is 25.8 Å². The molecular weight excluding hydrogens is 565 g/mol. The summed E-state index contributed by atoms with van der Waals surface area (Å²) in [7, 11) is 0. The molecule has 0 saturated heterocycles. The molecule has 0 radical (unpaired) electrons. The Bertz CT molecular complexity index is 2530. The van der Waals surface area contributed by atoms with Crippen molar-refractivity contribution in [2.75, 3.05) is 0 Å². The Morgan fingerprint density at radius 1 is 0.378 bits per heavy atom. The number of thiophene rings is 1. The van der Waals surface area contributed by atoms with Crippen molar-refractivity contribution in [3.63, 3.8) is 0 Å². The molecule has 9 aromatic rings. The van der Waals surface area contributed by atoms with E-state index in [1.807, 2.05) is 6.07 Å². The molecule has 7 aromatic carbocycles. The second-order valence-electron chi connectivity index (χ2n) is 11.4. The van der Waals surface area contributed by atoms with Gasteiger partial charge in [-0.3, -0.25) is 0 Å². The Labute approximate surface area is 264 Å². The fourth-order valence-electron chi connectivity index (χ4n) is 6.44. The summed E-state index contributed by atoms with van der Waals surface area (Å²) in [5, 5.41) is 7.40. The van der Waals surface area contributed by atoms with Crippen molar-refractivity contribution in [1.82, 2.24) is 9.97 Å². The van der Waals surface area contributed by atoms with E-state index in [9.17, 15) is 0 Å². The van der Waals surface area contributed by atoms with E-state index in [-0.39, 0.29) is 0 Å². The second kappa shape index (κ2) is 10.5. The molecule has 9 rings (SSSR count).